The summed E-state index contributed by atoms with van der Waals surface area (Å²) in [7, 11) is -2.97. The average Bonchev–Trinajstić information content (AvgIpc) is 1.73. The van der Waals surface area contributed by atoms with Gasteiger partial charge in [0.25, 0.3) is 8.68 Å². The van der Waals surface area contributed by atoms with Crippen molar-refractivity contribution in [2.24, 2.45) is 45.8 Å². The maximum absolute atomic E-state index is 12.9. The predicted octanol–water partition coefficient (Wildman–Crippen LogP) is 18.9. The molecule has 4 fully saturated rings. The van der Waals surface area contributed by atoms with Gasteiger partial charge in [-0.15, -0.1) is 0 Å². The topological polar surface area (TPSA) is 141 Å². The molecule has 4 saturated carbocycles. The molecule has 10 atom stereocenters. The zero-order valence-corrected chi connectivity index (χ0v) is 61.1. The van der Waals surface area contributed by atoms with Crippen LogP contribution in [0.3, 0.4) is 0 Å². The van der Waals surface area contributed by atoms with Crippen LogP contribution in [-0.2, 0) is 18.5 Å². The molecule has 0 aliphatic heterocycles. The van der Waals surface area contributed by atoms with Crippen molar-refractivity contribution in [2.75, 3.05) is 0 Å². The van der Waals surface area contributed by atoms with Crippen molar-refractivity contribution in [1.29, 1.82) is 0 Å². The van der Waals surface area contributed by atoms with E-state index in [0.29, 0.717) is 50.0 Å². The van der Waals surface area contributed by atoms with Gasteiger partial charge in [0.15, 0.2) is 8.32 Å². The first-order chi connectivity index (χ1) is 41.3. The summed E-state index contributed by atoms with van der Waals surface area (Å²) in [6.45, 7) is 37.4. The molecular weight excluding hydrogens is 1470 g/mol. The maximum Gasteiger partial charge on any atom is 0.438 e. The predicted molar refractivity (Wildman–Crippen MR) is 353 cm³/mol. The number of allylic oxidation sites excluding steroid dienone is 8. The Labute approximate surface area is 557 Å². The first-order valence-electron chi connectivity index (χ1n) is 30.5. The van der Waals surface area contributed by atoms with Crippen LogP contribution in [0.15, 0.2) is 82.5 Å². The Morgan fingerprint density at radius 2 is 1.14 bits per heavy atom. The zero-order valence-electron chi connectivity index (χ0n) is 54.8. The second-order valence-electron chi connectivity index (χ2n) is 28.1. The van der Waals surface area contributed by atoms with Gasteiger partial charge in [-0.2, -0.15) is 52.7 Å². The molecule has 4 N–H and O–H groups in total. The van der Waals surface area contributed by atoms with Crippen LogP contribution in [0.5, 0.6) is 0 Å². The van der Waals surface area contributed by atoms with Crippen LogP contribution in [0, 0.1) is 69.5 Å². The molecule has 6 aliphatic rings. The number of alkyl halides is 12. The monoisotopic (exact) mass is 1560 g/mol. The van der Waals surface area contributed by atoms with Crippen LogP contribution in [0.1, 0.15) is 166 Å². The van der Waals surface area contributed by atoms with Gasteiger partial charge in [0.2, 0.25) is 0 Å². The van der Waals surface area contributed by atoms with Crippen molar-refractivity contribution in [3.63, 3.8) is 0 Å². The Balaban J connectivity index is 0.000000457. The fraction of sp³-hybridized carbons (Fsp3) is 0.701. The van der Waals surface area contributed by atoms with Crippen LogP contribution >= 0.6 is 37.2 Å². The van der Waals surface area contributed by atoms with Crippen LogP contribution < -0.4 is 0 Å². The number of aliphatic hydroxyl groups excluding tert-OH is 2. The largest absolute Gasteiger partial charge is 0.438 e. The van der Waals surface area contributed by atoms with E-state index in [9.17, 15) is 82.1 Å². The Bertz CT molecular complexity index is 2840. The SMILES string of the molecule is C=C1/C(=C\C=C2/CCC[C@]3(C)C([C@H](C)CC#CC(O)(C(F)(F)F)C(F)(F)F)=CCC23)C[C@H](O)C[C@@H]1O.C=C1/C(=C\CC=O)C[C@H](C(C)(C)C)C[C@@H]1O[Si](C)(C)C(C)(C)C.C[C@H](CC#CC(O)(C(F)(F)F)C(F)(F)F)C1=CCC2C(=O)CCC[C@]12C.C[Si](C)=O.II. The molecule has 8 nitrogen and oxygen atoms in total. The molecule has 6 rings (SSSR count). The molecular formula is C67H94F12I2O8Si2. The molecule has 0 heterocycles. The molecule has 0 aromatic rings. The second kappa shape index (κ2) is 33.0. The lowest BCUT2D eigenvalue weighted by Crippen LogP contribution is -2.55. The van der Waals surface area contributed by atoms with Gasteiger partial charge in [0.1, 0.15) is 12.1 Å². The third kappa shape index (κ3) is 21.4. The first kappa shape index (κ1) is 84.4. The maximum atomic E-state index is 12.9. The fourth-order valence-electron chi connectivity index (χ4n) is 12.7. The van der Waals surface area contributed by atoms with E-state index in [1.54, 1.807) is 26.9 Å². The number of fused-ring (bicyclic) bond motifs is 2. The van der Waals surface area contributed by atoms with E-state index < -0.39 is 76.4 Å². The van der Waals surface area contributed by atoms with Gasteiger partial charge in [0, 0.05) is 75.3 Å². The van der Waals surface area contributed by atoms with Gasteiger partial charge in [0.05, 0.1) is 18.3 Å². The van der Waals surface area contributed by atoms with Crippen LogP contribution in [0.4, 0.5) is 52.7 Å². The molecule has 91 heavy (non-hydrogen) atoms. The summed E-state index contributed by atoms with van der Waals surface area (Å²) in [5.41, 5.74) is -3.92. The minimum absolute atomic E-state index is 0.0896. The highest BCUT2D eigenvalue weighted by Gasteiger charge is 2.71. The van der Waals surface area contributed by atoms with Crippen molar-refractivity contribution in [1.82, 2.24) is 0 Å². The number of carbonyl (C=O) groups excluding carboxylic acids is 2. The van der Waals surface area contributed by atoms with E-state index in [1.165, 1.54) is 11.1 Å². The molecule has 0 aromatic carbocycles. The van der Waals surface area contributed by atoms with E-state index in [1.807, 2.05) is 43.1 Å². The highest BCUT2D eigenvalue weighted by atomic mass is 128. The molecule has 0 saturated heterocycles. The Morgan fingerprint density at radius 3 is 1.56 bits per heavy atom. The van der Waals surface area contributed by atoms with Gasteiger partial charge in [-0.05, 0) is 169 Å². The number of rotatable bonds is 9. The molecule has 6 aliphatic carbocycles. The van der Waals surface area contributed by atoms with E-state index >= 15 is 0 Å². The molecule has 0 radical (unpaired) electrons. The molecule has 516 valence electrons. The molecule has 24 heteroatoms. The second-order valence-corrected chi connectivity index (χ2v) is 34.7. The molecule has 0 aromatic heterocycles. The Kier molecular flexibility index (Phi) is 30.6. The van der Waals surface area contributed by atoms with E-state index in [0.717, 1.165) is 78.9 Å². The number of hydrogen-bond donors (Lipinski definition) is 4. The van der Waals surface area contributed by atoms with Crippen LogP contribution in [0.25, 0.3) is 0 Å². The van der Waals surface area contributed by atoms with Crippen molar-refractivity contribution in [3.8, 4) is 23.7 Å². The number of ketones is 1. The van der Waals surface area contributed by atoms with Gasteiger partial charge in [-0.25, -0.2) is 0 Å². The van der Waals surface area contributed by atoms with Gasteiger partial charge < -0.3 is 34.1 Å². The summed E-state index contributed by atoms with van der Waals surface area (Å²) in [6, 6.07) is 0. The lowest BCUT2D eigenvalue weighted by molar-refractivity contribution is -0.344. The summed E-state index contributed by atoms with van der Waals surface area (Å²) in [6.07, 6.45) is -5.97. The highest BCUT2D eigenvalue weighted by molar-refractivity contribution is 15.0. The smallest absolute Gasteiger partial charge is 0.410 e. The van der Waals surface area contributed by atoms with Crippen molar-refractivity contribution < 1.29 is 91.6 Å². The summed E-state index contributed by atoms with van der Waals surface area (Å²) in [4.78, 5) is 22.8. The third-order valence-electron chi connectivity index (χ3n) is 19.1. The summed E-state index contributed by atoms with van der Waals surface area (Å²) in [5.74, 6) is 5.72. The number of aliphatic hydroxyl groups is 4. The van der Waals surface area contributed by atoms with Gasteiger partial charge in [-0.3, -0.25) is 4.79 Å². The summed E-state index contributed by atoms with van der Waals surface area (Å²) < 4.78 is 169. The van der Waals surface area contributed by atoms with Crippen molar-refractivity contribution >= 4 is 66.3 Å². The van der Waals surface area contributed by atoms with Gasteiger partial charge >= 0.3 is 35.9 Å². The molecule has 0 bridgehead atoms. The molecule has 0 amide bonds. The minimum atomic E-state index is -5.96. The van der Waals surface area contributed by atoms with E-state index in [-0.39, 0.29) is 64.8 Å². The Hall–Kier alpha value is -2.71. The van der Waals surface area contributed by atoms with Crippen LogP contribution in [0.2, 0.25) is 31.2 Å². The number of aldehydes is 1. The summed E-state index contributed by atoms with van der Waals surface area (Å²) in [5, 5.41) is 38.6. The average molecular weight is 1570 g/mol. The normalized spacial score (nSPS) is 27.8. The fourth-order valence-corrected chi connectivity index (χ4v) is 14.0. The molecule has 2 unspecified atom stereocenters. The lowest BCUT2D eigenvalue weighted by Gasteiger charge is -2.45. The quantitative estimate of drug-likeness (QED) is 0.0447. The number of carbonyl (C=O) groups is 2. The van der Waals surface area contributed by atoms with E-state index in [4.69, 9.17) is 9.53 Å². The molecule has 0 spiro atoms. The highest BCUT2D eigenvalue weighted by Crippen LogP contribution is 2.58. The minimum Gasteiger partial charge on any atom is -0.410 e. The van der Waals surface area contributed by atoms with Crippen molar-refractivity contribution in [2.45, 2.75) is 251 Å². The summed E-state index contributed by atoms with van der Waals surface area (Å²) >= 11 is 4.24. The van der Waals surface area contributed by atoms with Gasteiger partial charge in [-0.1, -0.05) is 141 Å². The zero-order chi connectivity index (χ0) is 70.7. The lowest BCUT2D eigenvalue weighted by atomic mass is 9.62. The number of Topliss-reactive ketones (excluding diaryl/α,β-unsaturated/α-hetero) is 1. The van der Waals surface area contributed by atoms with Crippen molar-refractivity contribution in [3.05, 3.63) is 82.5 Å². The first-order valence-corrected chi connectivity index (χ1v) is 42.1. The number of halogens is 14. The third-order valence-corrected chi connectivity index (χ3v) is 23.6. The standard InChI is InChI=1S/C27H32F6O3.C20H36O2Si.C18H20F6O2.C2H6OSi.I2/c1-16(6-4-13-25(36,26(28,29)30)27(31,32)33)21-10-11-22-18(7-5-12-24(21,22)3)8-9-19-14-20(34)15-23(35)17(19)2;1-15-16(11-10-12-21)13-17(19(2,3)4)14-18(15)22-23(8,9)20(5,6)7;1-11(5-3-10-16(26,17(19,20)21)18(22,23)24)12-7-8-13-14(25)6-4-9-15(12,13)2;1-4(2)3;1-2/h8-10,16,20,22-23,34-36H,2,5-7,11-12,14-15H2,1,3H3;11-12,17-18H,1,10,13-14H2,2-9H3;7,11,13,26H,4-6,8-9H2,1-2H3;1-2H3;/b18-8+,19-9-;16-11-;;;/t16-,20+,22?,23+,24-;17-,18-;11-,13?,15-;;/m101../s1. The van der Waals surface area contributed by atoms with Crippen LogP contribution in [-0.4, -0.2) is 104 Å². The number of hydrogen-bond acceptors (Lipinski definition) is 8. The van der Waals surface area contributed by atoms with E-state index in [2.05, 4.69) is 118 Å². The Morgan fingerprint density at radius 1 is 0.714 bits per heavy atom.